The molecule has 9 nitrogen and oxygen atoms in total. The zero-order valence-corrected chi connectivity index (χ0v) is 34.6. The van der Waals surface area contributed by atoms with E-state index >= 15 is 0 Å². The van der Waals surface area contributed by atoms with Gasteiger partial charge in [0.1, 0.15) is 11.9 Å². The predicted octanol–water partition coefficient (Wildman–Crippen LogP) is 8.36. The minimum atomic E-state index is -1.18. The minimum Gasteiger partial charge on any atom is -0.481 e. The van der Waals surface area contributed by atoms with Crippen molar-refractivity contribution in [2.45, 2.75) is 152 Å². The molecule has 294 valence electrons. The molecule has 3 N–H and O–H groups in total. The number of allylic oxidation sites excluding steroid dienone is 1. The van der Waals surface area contributed by atoms with Gasteiger partial charge in [0.2, 0.25) is 0 Å². The fraction of sp³-hybridized carbons (Fsp3) is 0.791. The summed E-state index contributed by atoms with van der Waals surface area (Å²) in [5.41, 5.74) is -0.0252. The maximum absolute atomic E-state index is 14.0. The maximum Gasteiger partial charge on any atom is 0.309 e. The summed E-state index contributed by atoms with van der Waals surface area (Å²) in [6, 6.07) is 0. The number of nitrogens with one attached hydrogen (secondary N) is 1. The number of Topliss-reactive ketones (excluding diaryl/α,β-unsaturated/α-hetero) is 1. The van der Waals surface area contributed by atoms with Crippen LogP contribution in [0.3, 0.4) is 0 Å². The van der Waals surface area contributed by atoms with Crippen molar-refractivity contribution < 1.29 is 29.3 Å². The number of rotatable bonds is 10. The van der Waals surface area contributed by atoms with E-state index in [9.17, 15) is 24.6 Å². The number of halogens is 1. The van der Waals surface area contributed by atoms with Crippen LogP contribution >= 0.6 is 11.6 Å². The maximum atomic E-state index is 14.0. The standard InChI is InChI=1S/C43H64ClN3O6/c1-25(2)34-28(48)19-43(30(49)23-45-24-32-46-21-26(44)22-47-32)18-16-39(7)27(35(34)43)11-12-29-40(39,8)15-17-42(10)38(5,6)31(13-14-41(29,42)9)53-33(50)20-37(3,4)36(51)52/h21-22,25,27,29-31,45,49H,11-20,23-24H2,1-10H3,(H,51,52). The topological polar surface area (TPSA) is 139 Å². The third kappa shape index (κ3) is 5.95. The van der Waals surface area contributed by atoms with Crippen molar-refractivity contribution in [3.05, 3.63) is 34.4 Å². The summed E-state index contributed by atoms with van der Waals surface area (Å²) in [5, 5.41) is 25.6. The second-order valence-corrected chi connectivity index (χ2v) is 20.5. The van der Waals surface area contributed by atoms with Gasteiger partial charge in [0.15, 0.2) is 5.78 Å². The van der Waals surface area contributed by atoms with Crippen LogP contribution in [0.2, 0.25) is 5.02 Å². The molecular formula is C43H64ClN3O6. The van der Waals surface area contributed by atoms with Gasteiger partial charge in [-0.3, -0.25) is 14.4 Å². The van der Waals surface area contributed by atoms with Crippen molar-refractivity contribution in [2.75, 3.05) is 6.54 Å². The van der Waals surface area contributed by atoms with Crippen LogP contribution in [0.1, 0.15) is 139 Å². The Morgan fingerprint density at radius 1 is 0.962 bits per heavy atom. The monoisotopic (exact) mass is 753 g/mol. The molecule has 0 aliphatic heterocycles. The third-order valence-electron chi connectivity index (χ3n) is 16.9. The number of nitrogens with zero attached hydrogens (tertiary/aromatic N) is 2. The van der Waals surface area contributed by atoms with E-state index in [1.807, 2.05) is 0 Å². The number of esters is 1. The highest BCUT2D eigenvalue weighted by Gasteiger charge is 2.73. The number of aromatic nitrogens is 2. The molecule has 10 heteroatoms. The van der Waals surface area contributed by atoms with Crippen LogP contribution in [0.15, 0.2) is 23.5 Å². The molecule has 5 aliphatic rings. The van der Waals surface area contributed by atoms with Gasteiger partial charge >= 0.3 is 11.9 Å². The first-order chi connectivity index (χ1) is 24.5. The van der Waals surface area contributed by atoms with Gasteiger partial charge in [-0.1, -0.05) is 72.6 Å². The van der Waals surface area contributed by atoms with Crippen molar-refractivity contribution in [3.8, 4) is 0 Å². The molecular weight excluding hydrogens is 690 g/mol. The molecule has 53 heavy (non-hydrogen) atoms. The number of ether oxygens (including phenoxy) is 1. The fourth-order valence-corrected chi connectivity index (χ4v) is 13.1. The normalized spacial score (nSPS) is 38.4. The third-order valence-corrected chi connectivity index (χ3v) is 17.1. The molecule has 0 radical (unpaired) electrons. The van der Waals surface area contributed by atoms with Gasteiger partial charge in [-0.25, -0.2) is 9.97 Å². The molecule has 0 amide bonds. The number of carbonyl (C=O) groups is 3. The summed E-state index contributed by atoms with van der Waals surface area (Å²) in [6.45, 7) is 22.7. The van der Waals surface area contributed by atoms with Crippen molar-refractivity contribution >= 4 is 29.3 Å². The lowest BCUT2D eigenvalue weighted by molar-refractivity contribution is -0.272. The number of hydrogen-bond acceptors (Lipinski definition) is 8. The molecule has 4 fully saturated rings. The molecule has 0 bridgehead atoms. The summed E-state index contributed by atoms with van der Waals surface area (Å²) in [6.07, 6.45) is 9.90. The van der Waals surface area contributed by atoms with E-state index in [0.29, 0.717) is 36.3 Å². The second kappa shape index (κ2) is 13.4. The average molecular weight is 754 g/mol. The molecule has 9 atom stereocenters. The molecule has 0 spiro atoms. The fourth-order valence-electron chi connectivity index (χ4n) is 13.0. The van der Waals surface area contributed by atoms with Crippen LogP contribution in [0.4, 0.5) is 0 Å². The lowest BCUT2D eigenvalue weighted by atomic mass is 9.29. The van der Waals surface area contributed by atoms with Crippen LogP contribution in [0.25, 0.3) is 0 Å². The van der Waals surface area contributed by atoms with E-state index in [1.54, 1.807) is 26.2 Å². The highest BCUT2D eigenvalue weighted by Crippen LogP contribution is 2.79. The number of carboxylic acids is 1. The van der Waals surface area contributed by atoms with Gasteiger partial charge in [-0.05, 0) is 110 Å². The predicted molar refractivity (Wildman–Crippen MR) is 205 cm³/mol. The molecule has 0 aromatic carbocycles. The van der Waals surface area contributed by atoms with Crippen LogP contribution in [-0.2, 0) is 25.7 Å². The van der Waals surface area contributed by atoms with E-state index in [0.717, 1.165) is 56.9 Å². The highest BCUT2D eigenvalue weighted by molar-refractivity contribution is 6.30. The zero-order valence-electron chi connectivity index (χ0n) is 33.8. The van der Waals surface area contributed by atoms with Gasteiger partial charge in [-0.15, -0.1) is 0 Å². The van der Waals surface area contributed by atoms with E-state index in [1.165, 1.54) is 5.57 Å². The number of aliphatic hydroxyl groups excluding tert-OH is 1. The van der Waals surface area contributed by atoms with Crippen LogP contribution in [-0.4, -0.2) is 56.7 Å². The van der Waals surface area contributed by atoms with Gasteiger partial charge in [0.25, 0.3) is 0 Å². The molecule has 4 saturated carbocycles. The summed E-state index contributed by atoms with van der Waals surface area (Å²) in [7, 11) is 0. The molecule has 1 aromatic heterocycles. The largest absolute Gasteiger partial charge is 0.481 e. The summed E-state index contributed by atoms with van der Waals surface area (Å²) >= 11 is 5.98. The van der Waals surface area contributed by atoms with Gasteiger partial charge in [0, 0.05) is 36.2 Å². The van der Waals surface area contributed by atoms with Crippen LogP contribution in [0, 0.1) is 55.7 Å². The zero-order chi connectivity index (χ0) is 39.2. The Bertz CT molecular complexity index is 1670. The van der Waals surface area contributed by atoms with Crippen molar-refractivity contribution in [2.24, 2.45) is 55.7 Å². The molecule has 9 unspecified atom stereocenters. The molecule has 5 aliphatic carbocycles. The van der Waals surface area contributed by atoms with Crippen molar-refractivity contribution in [1.82, 2.24) is 15.3 Å². The summed E-state index contributed by atoms with van der Waals surface area (Å²) in [5.74, 6) is 0.123. The Labute approximate surface area is 321 Å². The summed E-state index contributed by atoms with van der Waals surface area (Å²) in [4.78, 5) is 47.6. The number of aliphatic hydroxyl groups is 1. The van der Waals surface area contributed by atoms with E-state index in [-0.39, 0.29) is 57.2 Å². The Balaban J connectivity index is 1.28. The highest BCUT2D eigenvalue weighted by atomic mass is 35.5. The SMILES string of the molecule is CC(C)C1=C2C3CCC4C(C)(CCC5(C)C(C)(C)C(OC(=O)CC(C)(C)C(=O)O)CCC45C)C3(C)CCC2(C(O)CNCc2ncc(Cl)cn2)CC1=O. The van der Waals surface area contributed by atoms with Gasteiger partial charge < -0.3 is 20.3 Å². The lowest BCUT2D eigenvalue weighted by Crippen LogP contribution is -2.69. The van der Waals surface area contributed by atoms with Crippen LogP contribution < -0.4 is 5.32 Å². The Morgan fingerprint density at radius 3 is 2.23 bits per heavy atom. The van der Waals surface area contributed by atoms with Crippen LogP contribution in [0.5, 0.6) is 0 Å². The van der Waals surface area contributed by atoms with Crippen molar-refractivity contribution in [3.63, 3.8) is 0 Å². The van der Waals surface area contributed by atoms with E-state index in [2.05, 4.69) is 70.7 Å². The first-order valence-corrected chi connectivity index (χ1v) is 20.4. The number of hydrogen-bond donors (Lipinski definition) is 3. The smallest absolute Gasteiger partial charge is 0.309 e. The van der Waals surface area contributed by atoms with E-state index in [4.69, 9.17) is 16.3 Å². The Kier molecular flexibility index (Phi) is 10.2. The number of aliphatic carboxylic acids is 1. The quantitative estimate of drug-likeness (QED) is 0.201. The van der Waals surface area contributed by atoms with Crippen molar-refractivity contribution in [1.29, 1.82) is 0 Å². The average Bonchev–Trinajstić information content (AvgIpc) is 3.38. The molecule has 6 rings (SSSR count). The lowest BCUT2D eigenvalue weighted by Gasteiger charge is -2.75. The number of ketones is 1. The minimum absolute atomic E-state index is 0.0107. The van der Waals surface area contributed by atoms with Gasteiger partial charge in [-0.2, -0.15) is 0 Å². The Hall–Kier alpha value is -2.36. The molecule has 1 heterocycles. The number of carboxylic acid groups (broad SMARTS) is 1. The Morgan fingerprint density at radius 2 is 1.60 bits per heavy atom. The first kappa shape index (κ1) is 40.3. The molecule has 1 aromatic rings. The first-order valence-electron chi connectivity index (χ1n) is 20.1. The summed E-state index contributed by atoms with van der Waals surface area (Å²) < 4.78 is 6.22. The van der Waals surface area contributed by atoms with E-state index < -0.39 is 28.9 Å². The van der Waals surface area contributed by atoms with Gasteiger partial charge in [0.05, 0.1) is 29.5 Å². The number of fused-ring (bicyclic) bond motifs is 7. The molecule has 0 saturated heterocycles. The number of carbonyl (C=O) groups excluding carboxylic acids is 2. The second-order valence-electron chi connectivity index (χ2n) is 20.1.